The zero-order valence-electron chi connectivity index (χ0n) is 9.99. The van der Waals surface area contributed by atoms with Crippen molar-refractivity contribution in [2.75, 3.05) is 20.8 Å². The molecule has 0 heterocycles. The van der Waals surface area contributed by atoms with E-state index in [1.807, 2.05) is 0 Å². The molecule has 0 bridgehead atoms. The number of ether oxygens (including phenoxy) is 3. The van der Waals surface area contributed by atoms with E-state index in [9.17, 15) is 14.9 Å². The SMILES string of the molecule is COC(COc1ccc([N+](=O)[O-])cc1C=O)OC. The predicted octanol–water partition coefficient (Wildman–Crippen LogP) is 1.40. The van der Waals surface area contributed by atoms with Crippen LogP contribution in [0.4, 0.5) is 5.69 Å². The van der Waals surface area contributed by atoms with E-state index in [0.29, 0.717) is 6.29 Å². The fourth-order valence-corrected chi connectivity index (χ4v) is 1.26. The van der Waals surface area contributed by atoms with Crippen LogP contribution in [0.25, 0.3) is 0 Å². The van der Waals surface area contributed by atoms with Crippen LogP contribution in [0.2, 0.25) is 0 Å². The van der Waals surface area contributed by atoms with Crippen molar-refractivity contribution in [2.45, 2.75) is 6.29 Å². The van der Waals surface area contributed by atoms with Gasteiger partial charge in [-0.25, -0.2) is 0 Å². The smallest absolute Gasteiger partial charge is 0.270 e. The maximum absolute atomic E-state index is 10.8. The second-order valence-corrected chi connectivity index (χ2v) is 3.31. The van der Waals surface area contributed by atoms with E-state index in [4.69, 9.17) is 14.2 Å². The van der Waals surface area contributed by atoms with E-state index in [1.54, 1.807) is 0 Å². The Labute approximate surface area is 103 Å². The van der Waals surface area contributed by atoms with Crippen LogP contribution in [-0.4, -0.2) is 38.3 Å². The molecule has 18 heavy (non-hydrogen) atoms. The predicted molar refractivity (Wildman–Crippen MR) is 61.8 cm³/mol. The molecule has 0 radical (unpaired) electrons. The molecule has 0 N–H and O–H groups in total. The van der Waals surface area contributed by atoms with Crippen LogP contribution in [-0.2, 0) is 9.47 Å². The number of nitro benzene ring substituents is 1. The average molecular weight is 255 g/mol. The first-order valence-electron chi connectivity index (χ1n) is 5.04. The topological polar surface area (TPSA) is 87.9 Å². The van der Waals surface area contributed by atoms with Gasteiger partial charge in [0.2, 0.25) is 0 Å². The quantitative estimate of drug-likeness (QED) is 0.317. The summed E-state index contributed by atoms with van der Waals surface area (Å²) in [6, 6.07) is 3.78. The fourth-order valence-electron chi connectivity index (χ4n) is 1.26. The summed E-state index contributed by atoms with van der Waals surface area (Å²) < 4.78 is 15.1. The van der Waals surface area contributed by atoms with Crippen molar-refractivity contribution in [3.05, 3.63) is 33.9 Å². The molecule has 0 aromatic heterocycles. The van der Waals surface area contributed by atoms with Crippen LogP contribution in [0.5, 0.6) is 5.75 Å². The highest BCUT2D eigenvalue weighted by Gasteiger charge is 2.13. The highest BCUT2D eigenvalue weighted by Crippen LogP contribution is 2.22. The Morgan fingerprint density at radius 3 is 2.56 bits per heavy atom. The summed E-state index contributed by atoms with van der Waals surface area (Å²) in [5.41, 5.74) is -0.0605. The minimum atomic E-state index is -0.579. The summed E-state index contributed by atoms with van der Waals surface area (Å²) in [5, 5.41) is 10.5. The van der Waals surface area contributed by atoms with Gasteiger partial charge in [0.25, 0.3) is 5.69 Å². The summed E-state index contributed by atoms with van der Waals surface area (Å²) in [7, 11) is 2.90. The Bertz CT molecular complexity index is 430. The van der Waals surface area contributed by atoms with Crippen LogP contribution in [0.3, 0.4) is 0 Å². The third-order valence-electron chi connectivity index (χ3n) is 2.23. The molecule has 98 valence electrons. The standard InChI is InChI=1S/C11H13NO6/c1-16-11(17-2)7-18-10-4-3-9(12(14)15)5-8(10)6-13/h3-6,11H,7H2,1-2H3. The summed E-state index contributed by atoms with van der Waals surface area (Å²) in [4.78, 5) is 20.8. The van der Waals surface area contributed by atoms with Crippen LogP contribution >= 0.6 is 0 Å². The number of aldehydes is 1. The van der Waals surface area contributed by atoms with Crippen molar-refractivity contribution < 1.29 is 23.9 Å². The summed E-state index contributed by atoms with van der Waals surface area (Å²) in [6.45, 7) is 0.0751. The number of hydrogen-bond acceptors (Lipinski definition) is 6. The van der Waals surface area contributed by atoms with Gasteiger partial charge in [0.1, 0.15) is 12.4 Å². The number of carbonyl (C=O) groups is 1. The maximum atomic E-state index is 10.8. The number of benzene rings is 1. The molecule has 0 aliphatic heterocycles. The number of nitrogens with zero attached hydrogens (tertiary/aromatic N) is 1. The zero-order valence-corrected chi connectivity index (χ0v) is 9.99. The van der Waals surface area contributed by atoms with E-state index in [1.165, 1.54) is 26.4 Å². The van der Waals surface area contributed by atoms with E-state index in [-0.39, 0.29) is 23.6 Å². The highest BCUT2D eigenvalue weighted by atomic mass is 16.7. The average Bonchev–Trinajstić information content (AvgIpc) is 2.39. The molecule has 0 atom stereocenters. The minimum absolute atomic E-state index is 0.0751. The number of methoxy groups -OCH3 is 2. The number of hydrogen-bond donors (Lipinski definition) is 0. The Hall–Kier alpha value is -1.99. The molecule has 0 amide bonds. The molecule has 7 heteroatoms. The lowest BCUT2D eigenvalue weighted by atomic mass is 10.2. The van der Waals surface area contributed by atoms with Crippen molar-refractivity contribution in [3.8, 4) is 5.75 Å². The van der Waals surface area contributed by atoms with Gasteiger partial charge in [-0.15, -0.1) is 0 Å². The first-order chi connectivity index (χ1) is 8.62. The van der Waals surface area contributed by atoms with Crippen molar-refractivity contribution in [1.82, 2.24) is 0 Å². The number of rotatable bonds is 7. The normalized spacial score (nSPS) is 10.4. The molecule has 1 aromatic rings. The highest BCUT2D eigenvalue weighted by molar-refractivity contribution is 5.80. The van der Waals surface area contributed by atoms with Gasteiger partial charge in [0, 0.05) is 26.4 Å². The molecule has 0 spiro atoms. The number of nitro groups is 1. The lowest BCUT2D eigenvalue weighted by Crippen LogP contribution is -2.22. The second kappa shape index (κ2) is 6.67. The van der Waals surface area contributed by atoms with Gasteiger partial charge in [-0.05, 0) is 6.07 Å². The van der Waals surface area contributed by atoms with E-state index in [2.05, 4.69) is 0 Å². The van der Waals surface area contributed by atoms with Gasteiger partial charge >= 0.3 is 0 Å². The summed E-state index contributed by atoms with van der Waals surface area (Å²) in [5.74, 6) is 0.245. The first-order valence-corrected chi connectivity index (χ1v) is 5.04. The van der Waals surface area contributed by atoms with Crippen LogP contribution in [0, 0.1) is 10.1 Å². The molecule has 0 saturated carbocycles. The largest absolute Gasteiger partial charge is 0.488 e. The van der Waals surface area contributed by atoms with Crippen molar-refractivity contribution >= 4 is 12.0 Å². The van der Waals surface area contributed by atoms with Gasteiger partial charge in [0.05, 0.1) is 10.5 Å². The third kappa shape index (κ3) is 3.51. The number of non-ortho nitro benzene ring substituents is 1. The van der Waals surface area contributed by atoms with Crippen LogP contribution in [0.1, 0.15) is 10.4 Å². The van der Waals surface area contributed by atoms with E-state index < -0.39 is 11.2 Å². The summed E-state index contributed by atoms with van der Waals surface area (Å²) in [6.07, 6.45) is -0.0728. The van der Waals surface area contributed by atoms with E-state index in [0.717, 1.165) is 6.07 Å². The second-order valence-electron chi connectivity index (χ2n) is 3.31. The Kier molecular flexibility index (Phi) is 5.22. The molecule has 1 rings (SSSR count). The maximum Gasteiger partial charge on any atom is 0.270 e. The molecular weight excluding hydrogens is 242 g/mol. The van der Waals surface area contributed by atoms with Crippen molar-refractivity contribution in [3.63, 3.8) is 0 Å². The van der Waals surface area contributed by atoms with E-state index >= 15 is 0 Å². The third-order valence-corrected chi connectivity index (χ3v) is 2.23. The molecule has 0 unspecified atom stereocenters. The molecule has 0 saturated heterocycles. The van der Waals surface area contributed by atoms with Crippen LogP contribution in [0.15, 0.2) is 18.2 Å². The van der Waals surface area contributed by atoms with Gasteiger partial charge in [-0.2, -0.15) is 0 Å². The molecule has 0 fully saturated rings. The molecule has 0 aliphatic rings. The molecular formula is C11H13NO6. The Morgan fingerprint density at radius 1 is 1.39 bits per heavy atom. The van der Waals surface area contributed by atoms with Gasteiger partial charge < -0.3 is 14.2 Å². The lowest BCUT2D eigenvalue weighted by molar-refractivity contribution is -0.384. The Morgan fingerprint density at radius 2 is 2.06 bits per heavy atom. The molecule has 7 nitrogen and oxygen atoms in total. The first kappa shape index (κ1) is 14.1. The van der Waals surface area contributed by atoms with Gasteiger partial charge in [-0.1, -0.05) is 0 Å². The zero-order chi connectivity index (χ0) is 13.5. The van der Waals surface area contributed by atoms with Crippen LogP contribution < -0.4 is 4.74 Å². The fraction of sp³-hybridized carbons (Fsp3) is 0.364. The van der Waals surface area contributed by atoms with Crippen molar-refractivity contribution in [2.24, 2.45) is 0 Å². The van der Waals surface area contributed by atoms with Gasteiger partial charge in [-0.3, -0.25) is 14.9 Å². The monoisotopic (exact) mass is 255 g/mol. The number of carbonyl (C=O) groups excluding carboxylic acids is 1. The Balaban J connectivity index is 2.82. The van der Waals surface area contributed by atoms with Crippen molar-refractivity contribution in [1.29, 1.82) is 0 Å². The summed E-state index contributed by atoms with van der Waals surface area (Å²) >= 11 is 0. The molecule has 0 aliphatic carbocycles. The molecule has 1 aromatic carbocycles. The van der Waals surface area contributed by atoms with Gasteiger partial charge in [0.15, 0.2) is 12.6 Å². The minimum Gasteiger partial charge on any atom is -0.488 e. The lowest BCUT2D eigenvalue weighted by Gasteiger charge is -2.15.